The van der Waals surface area contributed by atoms with E-state index in [0.717, 1.165) is 25.1 Å². The zero-order valence-electron chi connectivity index (χ0n) is 11.4. The lowest BCUT2D eigenvalue weighted by Crippen LogP contribution is -2.36. The minimum absolute atomic E-state index is 0.475. The molecule has 0 amide bonds. The summed E-state index contributed by atoms with van der Waals surface area (Å²) >= 11 is 0. The normalized spacial score (nSPS) is 15.3. The van der Waals surface area contributed by atoms with Crippen LogP contribution in [0.15, 0.2) is 18.2 Å². The molecule has 2 N–H and O–H groups in total. The van der Waals surface area contributed by atoms with Gasteiger partial charge in [-0.1, -0.05) is 26.0 Å². The first-order valence-corrected chi connectivity index (χ1v) is 8.11. The van der Waals surface area contributed by atoms with E-state index >= 15 is 0 Å². The molecule has 0 aliphatic carbocycles. The van der Waals surface area contributed by atoms with Crippen molar-refractivity contribution in [2.75, 3.05) is 24.4 Å². The molecule has 0 spiro atoms. The van der Waals surface area contributed by atoms with E-state index in [1.165, 1.54) is 9.87 Å². The van der Waals surface area contributed by atoms with E-state index in [4.69, 9.17) is 0 Å². The number of nitrogens with zero attached hydrogens (tertiary/aromatic N) is 1. The molecule has 0 atom stereocenters. The number of nitrogens with one attached hydrogen (secondary N) is 2. The molecule has 2 rings (SSSR count). The second kappa shape index (κ2) is 5.90. The molecule has 0 saturated carbocycles. The van der Waals surface area contributed by atoms with Crippen LogP contribution in [-0.4, -0.2) is 32.4 Å². The summed E-state index contributed by atoms with van der Waals surface area (Å²) in [7, 11) is -3.45. The first-order chi connectivity index (χ1) is 9.08. The fraction of sp³-hybridized carbons (Fsp3) is 0.538. The highest BCUT2D eigenvalue weighted by molar-refractivity contribution is 7.90. The van der Waals surface area contributed by atoms with E-state index < -0.39 is 10.2 Å². The minimum Gasteiger partial charge on any atom is -0.312 e. The quantitative estimate of drug-likeness (QED) is 0.857. The number of rotatable bonds is 5. The maximum Gasteiger partial charge on any atom is 0.301 e. The van der Waals surface area contributed by atoms with Crippen molar-refractivity contribution < 1.29 is 8.42 Å². The fourth-order valence-corrected chi connectivity index (χ4v) is 3.67. The zero-order valence-corrected chi connectivity index (χ0v) is 12.3. The Morgan fingerprint density at radius 2 is 2.05 bits per heavy atom. The lowest BCUT2D eigenvalue weighted by Gasteiger charge is -2.24. The van der Waals surface area contributed by atoms with Gasteiger partial charge in [-0.15, -0.1) is 0 Å². The molecule has 19 heavy (non-hydrogen) atoms. The number of hydrogen-bond acceptors (Lipinski definition) is 3. The third-order valence-electron chi connectivity index (χ3n) is 3.42. The Bertz CT molecular complexity index is 539. The molecule has 0 radical (unpaired) electrons. The van der Waals surface area contributed by atoms with Crippen molar-refractivity contribution in [1.82, 2.24) is 9.62 Å². The largest absolute Gasteiger partial charge is 0.312 e. The summed E-state index contributed by atoms with van der Waals surface area (Å²) in [5.41, 5.74) is 2.99. The van der Waals surface area contributed by atoms with Crippen LogP contribution in [0.1, 0.15) is 25.0 Å². The van der Waals surface area contributed by atoms with Gasteiger partial charge < -0.3 is 5.32 Å². The summed E-state index contributed by atoms with van der Waals surface area (Å²) in [5.74, 6) is 0. The molecule has 1 aliphatic heterocycles. The van der Waals surface area contributed by atoms with Gasteiger partial charge in [0.1, 0.15) is 0 Å². The van der Waals surface area contributed by atoms with Crippen LogP contribution in [0.3, 0.4) is 0 Å². The van der Waals surface area contributed by atoms with Crippen LogP contribution in [0.4, 0.5) is 5.69 Å². The van der Waals surface area contributed by atoms with Crippen molar-refractivity contribution in [2.45, 2.75) is 26.8 Å². The summed E-state index contributed by atoms with van der Waals surface area (Å²) in [6.07, 6.45) is 0.853. The number of benzene rings is 1. The highest BCUT2D eigenvalue weighted by atomic mass is 32.2. The summed E-state index contributed by atoms with van der Waals surface area (Å²) < 4.78 is 28.6. The monoisotopic (exact) mass is 283 g/mol. The molecule has 1 aliphatic rings. The van der Waals surface area contributed by atoms with Crippen molar-refractivity contribution >= 4 is 15.9 Å². The second-order valence-corrected chi connectivity index (χ2v) is 6.23. The van der Waals surface area contributed by atoms with E-state index in [-0.39, 0.29) is 0 Å². The van der Waals surface area contributed by atoms with Gasteiger partial charge in [0.25, 0.3) is 0 Å². The van der Waals surface area contributed by atoms with Crippen LogP contribution in [0, 0.1) is 0 Å². The lowest BCUT2D eigenvalue weighted by atomic mass is 9.99. The van der Waals surface area contributed by atoms with E-state index in [1.54, 1.807) is 0 Å². The molecule has 1 aromatic rings. The molecular weight excluding hydrogens is 262 g/mol. The summed E-state index contributed by atoms with van der Waals surface area (Å²) in [6, 6.07) is 5.77. The summed E-state index contributed by atoms with van der Waals surface area (Å²) in [4.78, 5) is 0. The van der Waals surface area contributed by atoms with E-state index in [0.29, 0.717) is 18.8 Å². The van der Waals surface area contributed by atoms with Crippen LogP contribution in [0.5, 0.6) is 0 Å². The Balaban J connectivity index is 2.29. The van der Waals surface area contributed by atoms with Crippen molar-refractivity contribution in [2.24, 2.45) is 0 Å². The molecule has 1 heterocycles. The van der Waals surface area contributed by atoms with Gasteiger partial charge in [0, 0.05) is 19.6 Å². The Morgan fingerprint density at radius 3 is 2.74 bits per heavy atom. The Hall–Kier alpha value is -1.11. The highest BCUT2D eigenvalue weighted by Crippen LogP contribution is 2.24. The van der Waals surface area contributed by atoms with Crippen molar-refractivity contribution in [3.8, 4) is 0 Å². The van der Waals surface area contributed by atoms with Crippen LogP contribution in [0.25, 0.3) is 0 Å². The standard InChI is InChI=1S/C13H21N3O2S/c1-3-16(4-2)19(17,18)15-13-7-5-6-11-10-14-9-8-12(11)13/h5-7,14-15H,3-4,8-10H2,1-2H3. The van der Waals surface area contributed by atoms with E-state index in [1.807, 2.05) is 32.0 Å². The van der Waals surface area contributed by atoms with Gasteiger partial charge in [0.05, 0.1) is 5.69 Å². The third-order valence-corrected chi connectivity index (χ3v) is 5.10. The zero-order chi connectivity index (χ0) is 13.9. The van der Waals surface area contributed by atoms with Gasteiger partial charge in [0.15, 0.2) is 0 Å². The average molecular weight is 283 g/mol. The van der Waals surface area contributed by atoms with Crippen LogP contribution in [-0.2, 0) is 23.2 Å². The minimum atomic E-state index is -3.45. The van der Waals surface area contributed by atoms with Gasteiger partial charge in [-0.05, 0) is 30.2 Å². The van der Waals surface area contributed by atoms with Crippen molar-refractivity contribution in [3.63, 3.8) is 0 Å². The average Bonchev–Trinajstić information content (AvgIpc) is 2.40. The van der Waals surface area contributed by atoms with Gasteiger partial charge in [-0.3, -0.25) is 4.72 Å². The Kier molecular flexibility index (Phi) is 4.44. The van der Waals surface area contributed by atoms with Gasteiger partial charge in [-0.25, -0.2) is 0 Å². The maximum atomic E-state index is 12.2. The van der Waals surface area contributed by atoms with Crippen LogP contribution < -0.4 is 10.0 Å². The molecular formula is C13H21N3O2S. The van der Waals surface area contributed by atoms with Gasteiger partial charge in [-0.2, -0.15) is 12.7 Å². The molecule has 1 aromatic carbocycles. The van der Waals surface area contributed by atoms with Gasteiger partial charge in [0.2, 0.25) is 0 Å². The predicted molar refractivity (Wildman–Crippen MR) is 77.3 cm³/mol. The summed E-state index contributed by atoms with van der Waals surface area (Å²) in [6.45, 7) is 6.32. The predicted octanol–water partition coefficient (Wildman–Crippen LogP) is 1.33. The van der Waals surface area contributed by atoms with Crippen LogP contribution >= 0.6 is 0 Å². The molecule has 106 valence electrons. The van der Waals surface area contributed by atoms with E-state index in [9.17, 15) is 8.42 Å². The molecule has 6 heteroatoms. The third kappa shape index (κ3) is 3.08. The first kappa shape index (κ1) is 14.3. The second-order valence-electron chi connectivity index (χ2n) is 4.56. The molecule has 5 nitrogen and oxygen atoms in total. The maximum absolute atomic E-state index is 12.2. The number of hydrogen-bond donors (Lipinski definition) is 2. The van der Waals surface area contributed by atoms with Crippen molar-refractivity contribution in [3.05, 3.63) is 29.3 Å². The van der Waals surface area contributed by atoms with Crippen molar-refractivity contribution in [1.29, 1.82) is 0 Å². The number of anilines is 1. The molecule has 0 fully saturated rings. The Morgan fingerprint density at radius 1 is 1.32 bits per heavy atom. The van der Waals surface area contributed by atoms with E-state index in [2.05, 4.69) is 10.0 Å². The number of fused-ring (bicyclic) bond motifs is 1. The smallest absolute Gasteiger partial charge is 0.301 e. The lowest BCUT2D eigenvalue weighted by molar-refractivity contribution is 0.449. The van der Waals surface area contributed by atoms with Gasteiger partial charge >= 0.3 is 10.2 Å². The Labute approximate surface area is 115 Å². The molecule has 0 bridgehead atoms. The summed E-state index contributed by atoms with van der Waals surface area (Å²) in [5, 5.41) is 3.29. The highest BCUT2D eigenvalue weighted by Gasteiger charge is 2.21. The topological polar surface area (TPSA) is 61.4 Å². The molecule has 0 unspecified atom stereocenters. The fourth-order valence-electron chi connectivity index (χ4n) is 2.39. The molecule has 0 saturated heterocycles. The SMILES string of the molecule is CCN(CC)S(=O)(=O)Nc1cccc2c1CCNC2. The first-order valence-electron chi connectivity index (χ1n) is 6.67. The van der Waals surface area contributed by atoms with Crippen LogP contribution in [0.2, 0.25) is 0 Å². The molecule has 0 aromatic heterocycles.